The molecule has 18 heavy (non-hydrogen) atoms. The van der Waals surface area contributed by atoms with Crippen LogP contribution in [0.2, 0.25) is 0 Å². The lowest BCUT2D eigenvalue weighted by Gasteiger charge is -2.24. The summed E-state index contributed by atoms with van der Waals surface area (Å²) in [5.41, 5.74) is 0. The number of rotatable bonds is 3. The van der Waals surface area contributed by atoms with Crippen molar-refractivity contribution in [3.63, 3.8) is 0 Å². The lowest BCUT2D eigenvalue weighted by molar-refractivity contribution is 0.0778. The highest BCUT2D eigenvalue weighted by Crippen LogP contribution is 2.25. The van der Waals surface area contributed by atoms with Crippen LogP contribution in [0.3, 0.4) is 0 Å². The smallest absolute Gasteiger partial charge is 0.229 e. The maximum absolute atomic E-state index is 5.40. The third-order valence-electron chi connectivity index (χ3n) is 3.87. The third-order valence-corrected chi connectivity index (χ3v) is 3.87. The summed E-state index contributed by atoms with van der Waals surface area (Å²) in [5.74, 6) is 2.06. The van der Waals surface area contributed by atoms with Gasteiger partial charge >= 0.3 is 0 Å². The van der Waals surface area contributed by atoms with E-state index in [1.165, 1.54) is 32.4 Å². The van der Waals surface area contributed by atoms with Crippen LogP contribution in [0.1, 0.15) is 49.7 Å². The minimum Gasteiger partial charge on any atom is -0.381 e. The summed E-state index contributed by atoms with van der Waals surface area (Å²) >= 11 is 0. The molecule has 0 aliphatic carbocycles. The molecule has 3 rings (SSSR count). The lowest BCUT2D eigenvalue weighted by Crippen LogP contribution is -2.29. The highest BCUT2D eigenvalue weighted by molar-refractivity contribution is 4.95. The Labute approximate surface area is 107 Å². The van der Waals surface area contributed by atoms with Gasteiger partial charge in [0.05, 0.1) is 6.54 Å². The monoisotopic (exact) mass is 251 g/mol. The number of aromatic nitrogens is 2. The van der Waals surface area contributed by atoms with Gasteiger partial charge in [-0.25, -0.2) is 0 Å². The van der Waals surface area contributed by atoms with Gasteiger partial charge in [-0.05, 0) is 38.8 Å². The van der Waals surface area contributed by atoms with E-state index >= 15 is 0 Å². The van der Waals surface area contributed by atoms with Crippen molar-refractivity contribution in [2.24, 2.45) is 0 Å². The highest BCUT2D eigenvalue weighted by atomic mass is 16.5. The van der Waals surface area contributed by atoms with Crippen molar-refractivity contribution in [3.05, 3.63) is 11.7 Å². The van der Waals surface area contributed by atoms with Crippen LogP contribution in [-0.2, 0) is 11.3 Å². The average Bonchev–Trinajstić information content (AvgIpc) is 2.89. The second-order valence-electron chi connectivity index (χ2n) is 5.27. The summed E-state index contributed by atoms with van der Waals surface area (Å²) in [6.07, 6.45) is 5.96. The van der Waals surface area contributed by atoms with Crippen molar-refractivity contribution in [1.29, 1.82) is 0 Å². The number of likely N-dealkylation sites (tertiary alicyclic amines) is 1. The van der Waals surface area contributed by atoms with Gasteiger partial charge in [-0.1, -0.05) is 11.6 Å². The van der Waals surface area contributed by atoms with E-state index in [1.807, 2.05) is 0 Å². The normalized spacial score (nSPS) is 23.3. The Bertz CT molecular complexity index is 368. The maximum Gasteiger partial charge on any atom is 0.229 e. The molecule has 2 aliphatic heterocycles. The summed E-state index contributed by atoms with van der Waals surface area (Å²) in [7, 11) is 0. The van der Waals surface area contributed by atoms with E-state index < -0.39 is 0 Å². The zero-order valence-electron chi connectivity index (χ0n) is 10.8. The van der Waals surface area contributed by atoms with E-state index in [0.29, 0.717) is 5.92 Å². The summed E-state index contributed by atoms with van der Waals surface area (Å²) in [5, 5.41) is 4.12. The van der Waals surface area contributed by atoms with Crippen LogP contribution in [0.5, 0.6) is 0 Å². The molecule has 1 aromatic heterocycles. The molecule has 0 unspecified atom stereocenters. The molecule has 0 aromatic carbocycles. The molecule has 5 heteroatoms. The van der Waals surface area contributed by atoms with Gasteiger partial charge in [0.15, 0.2) is 5.82 Å². The van der Waals surface area contributed by atoms with Gasteiger partial charge in [-0.15, -0.1) is 0 Å². The van der Waals surface area contributed by atoms with Gasteiger partial charge in [0, 0.05) is 19.1 Å². The predicted octanol–water partition coefficient (Wildman–Crippen LogP) is 1.95. The molecule has 1 aromatic rings. The van der Waals surface area contributed by atoms with Crippen LogP contribution in [0, 0.1) is 0 Å². The molecule has 0 radical (unpaired) electrons. The molecule has 0 N–H and O–H groups in total. The van der Waals surface area contributed by atoms with E-state index in [2.05, 4.69) is 15.0 Å². The topological polar surface area (TPSA) is 51.4 Å². The first-order chi connectivity index (χ1) is 8.92. The molecule has 2 fully saturated rings. The highest BCUT2D eigenvalue weighted by Gasteiger charge is 2.22. The number of hydrogen-bond acceptors (Lipinski definition) is 5. The quantitative estimate of drug-likeness (QED) is 0.822. The number of ether oxygens (including phenoxy) is 1. The second-order valence-corrected chi connectivity index (χ2v) is 5.27. The van der Waals surface area contributed by atoms with Crippen molar-refractivity contribution < 1.29 is 9.26 Å². The van der Waals surface area contributed by atoms with Crippen molar-refractivity contribution in [1.82, 2.24) is 15.0 Å². The van der Waals surface area contributed by atoms with Crippen molar-refractivity contribution in [2.75, 3.05) is 26.3 Å². The zero-order valence-corrected chi connectivity index (χ0v) is 10.8. The van der Waals surface area contributed by atoms with Gasteiger partial charge in [-0.3, -0.25) is 4.90 Å². The van der Waals surface area contributed by atoms with E-state index in [9.17, 15) is 0 Å². The van der Waals surface area contributed by atoms with Crippen LogP contribution in [0.15, 0.2) is 4.52 Å². The molecule has 2 saturated heterocycles. The molecular weight excluding hydrogens is 230 g/mol. The molecule has 3 heterocycles. The summed E-state index contributed by atoms with van der Waals surface area (Å²) < 4.78 is 10.8. The molecular formula is C13H21N3O2. The Morgan fingerprint density at radius 3 is 2.67 bits per heavy atom. The van der Waals surface area contributed by atoms with E-state index in [0.717, 1.165) is 44.3 Å². The van der Waals surface area contributed by atoms with Crippen molar-refractivity contribution >= 4 is 0 Å². The lowest BCUT2D eigenvalue weighted by atomic mass is 10.0. The Hall–Kier alpha value is -0.940. The maximum atomic E-state index is 5.40. The fourth-order valence-corrected chi connectivity index (χ4v) is 2.76. The fourth-order valence-electron chi connectivity index (χ4n) is 2.76. The fraction of sp³-hybridized carbons (Fsp3) is 0.846. The second kappa shape index (κ2) is 5.80. The Kier molecular flexibility index (Phi) is 3.90. The predicted molar refractivity (Wildman–Crippen MR) is 66.2 cm³/mol. The first-order valence-electron chi connectivity index (χ1n) is 7.04. The molecule has 5 nitrogen and oxygen atoms in total. The zero-order chi connectivity index (χ0) is 12.2. The summed E-state index contributed by atoms with van der Waals surface area (Å²) in [4.78, 5) is 6.97. The molecule has 2 aliphatic rings. The Morgan fingerprint density at radius 1 is 1.11 bits per heavy atom. The Morgan fingerprint density at radius 2 is 1.89 bits per heavy atom. The summed E-state index contributed by atoms with van der Waals surface area (Å²) in [6, 6.07) is 0. The van der Waals surface area contributed by atoms with Gasteiger partial charge < -0.3 is 9.26 Å². The number of nitrogens with zero attached hydrogens (tertiary/aromatic N) is 3. The van der Waals surface area contributed by atoms with Crippen molar-refractivity contribution in [2.45, 2.75) is 44.6 Å². The number of piperidine rings is 1. The van der Waals surface area contributed by atoms with E-state index in [-0.39, 0.29) is 0 Å². The Balaban J connectivity index is 1.58. The molecule has 0 bridgehead atoms. The van der Waals surface area contributed by atoms with E-state index in [1.54, 1.807) is 0 Å². The average molecular weight is 251 g/mol. The van der Waals surface area contributed by atoms with Crippen molar-refractivity contribution in [3.8, 4) is 0 Å². The van der Waals surface area contributed by atoms with Gasteiger partial charge in [-0.2, -0.15) is 4.98 Å². The minimum atomic E-state index is 0.404. The molecule has 100 valence electrons. The van der Waals surface area contributed by atoms with Crippen LogP contribution in [0.4, 0.5) is 0 Å². The SMILES string of the molecule is C1CCN(Cc2noc(C3CCOCC3)n2)CC1. The first kappa shape index (κ1) is 12.1. The van der Waals surface area contributed by atoms with E-state index in [4.69, 9.17) is 9.26 Å². The van der Waals surface area contributed by atoms with Gasteiger partial charge in [0.1, 0.15) is 0 Å². The third kappa shape index (κ3) is 2.90. The van der Waals surface area contributed by atoms with Crippen LogP contribution in [0.25, 0.3) is 0 Å². The standard InChI is InChI=1S/C13H21N3O2/c1-2-6-16(7-3-1)10-12-14-13(18-15-12)11-4-8-17-9-5-11/h11H,1-10H2. The van der Waals surface area contributed by atoms with Gasteiger partial charge in [0.25, 0.3) is 0 Å². The molecule has 0 atom stereocenters. The summed E-state index contributed by atoms with van der Waals surface area (Å²) in [6.45, 7) is 4.80. The largest absolute Gasteiger partial charge is 0.381 e. The number of hydrogen-bond donors (Lipinski definition) is 0. The van der Waals surface area contributed by atoms with Crippen LogP contribution >= 0.6 is 0 Å². The molecule has 0 spiro atoms. The molecule has 0 amide bonds. The molecule has 0 saturated carbocycles. The first-order valence-corrected chi connectivity index (χ1v) is 7.04. The van der Waals surface area contributed by atoms with Crippen LogP contribution in [-0.4, -0.2) is 41.3 Å². The van der Waals surface area contributed by atoms with Crippen LogP contribution < -0.4 is 0 Å². The minimum absolute atomic E-state index is 0.404. The van der Waals surface area contributed by atoms with Gasteiger partial charge in [0.2, 0.25) is 5.89 Å².